The monoisotopic (exact) mass is 226 g/mol. The quantitative estimate of drug-likeness (QED) is 0.829. The average Bonchev–Trinajstić information content (AvgIpc) is 2.16. The molecule has 2 rings (SSSR count). The summed E-state index contributed by atoms with van der Waals surface area (Å²) in [5.74, 6) is -1.16. The normalized spacial score (nSPS) is 20.2. The summed E-state index contributed by atoms with van der Waals surface area (Å²) < 4.78 is 26.3. The molecule has 1 aromatic rings. The molecule has 0 spiro atoms. The van der Waals surface area contributed by atoms with Gasteiger partial charge in [-0.1, -0.05) is 12.5 Å². The molecule has 0 aliphatic heterocycles. The maximum atomic E-state index is 13.6. The first-order valence-electron chi connectivity index (χ1n) is 5.50. The fourth-order valence-electron chi connectivity index (χ4n) is 2.36. The maximum Gasteiger partial charge on any atom is 0.130 e. The molecule has 0 saturated heterocycles. The molecule has 0 amide bonds. The Morgan fingerprint density at radius 3 is 2.44 bits per heavy atom. The van der Waals surface area contributed by atoms with Crippen LogP contribution in [0.25, 0.3) is 0 Å². The minimum atomic E-state index is -0.580. The van der Waals surface area contributed by atoms with E-state index in [0.29, 0.717) is 12.1 Å². The lowest BCUT2D eigenvalue weighted by Crippen LogP contribution is -2.46. The van der Waals surface area contributed by atoms with E-state index in [0.717, 1.165) is 25.3 Å². The van der Waals surface area contributed by atoms with E-state index >= 15 is 0 Å². The highest BCUT2D eigenvalue weighted by Gasteiger charge is 2.42. The molecule has 4 heteroatoms. The van der Waals surface area contributed by atoms with Gasteiger partial charge in [0, 0.05) is 23.1 Å². The third kappa shape index (κ3) is 1.72. The van der Waals surface area contributed by atoms with Crippen molar-refractivity contribution in [2.24, 2.45) is 16.9 Å². The van der Waals surface area contributed by atoms with Gasteiger partial charge in [0.15, 0.2) is 0 Å². The minimum Gasteiger partial charge on any atom is -0.330 e. The number of hydrogen-bond acceptors (Lipinski definition) is 2. The molecule has 1 fully saturated rings. The van der Waals surface area contributed by atoms with Crippen LogP contribution in [-0.2, 0) is 0 Å². The third-order valence-electron chi connectivity index (χ3n) is 3.71. The fourth-order valence-corrected chi connectivity index (χ4v) is 2.36. The highest BCUT2D eigenvalue weighted by atomic mass is 19.1. The second-order valence-corrected chi connectivity index (χ2v) is 4.56. The van der Waals surface area contributed by atoms with E-state index in [1.165, 1.54) is 12.1 Å². The molecule has 1 unspecified atom stereocenters. The maximum absolute atomic E-state index is 13.6. The van der Waals surface area contributed by atoms with Gasteiger partial charge in [0.2, 0.25) is 0 Å². The van der Waals surface area contributed by atoms with E-state index in [2.05, 4.69) is 0 Å². The van der Waals surface area contributed by atoms with Crippen molar-refractivity contribution in [3.63, 3.8) is 0 Å². The Bertz CT molecular complexity index is 383. The first-order valence-corrected chi connectivity index (χ1v) is 5.50. The zero-order chi connectivity index (χ0) is 11.8. The van der Waals surface area contributed by atoms with Gasteiger partial charge in [-0.2, -0.15) is 0 Å². The Hall–Kier alpha value is -1.00. The topological polar surface area (TPSA) is 52.0 Å². The largest absolute Gasteiger partial charge is 0.330 e. The SMILES string of the molecule is NCC1(C(N)c2ccc(F)cc2F)CCC1. The molecule has 1 aliphatic rings. The molecule has 16 heavy (non-hydrogen) atoms. The van der Waals surface area contributed by atoms with Crippen LogP contribution in [0.5, 0.6) is 0 Å². The van der Waals surface area contributed by atoms with Gasteiger partial charge in [-0.15, -0.1) is 0 Å². The van der Waals surface area contributed by atoms with Crippen LogP contribution in [0.4, 0.5) is 8.78 Å². The van der Waals surface area contributed by atoms with Gasteiger partial charge in [-0.3, -0.25) is 0 Å². The molecule has 1 saturated carbocycles. The minimum absolute atomic E-state index is 0.196. The van der Waals surface area contributed by atoms with Crippen LogP contribution in [0, 0.1) is 17.0 Å². The number of rotatable bonds is 3. The summed E-state index contributed by atoms with van der Waals surface area (Å²) in [6, 6.07) is 3.09. The van der Waals surface area contributed by atoms with Crippen molar-refractivity contribution >= 4 is 0 Å². The Labute approximate surface area is 93.6 Å². The highest BCUT2D eigenvalue weighted by Crippen LogP contribution is 2.48. The summed E-state index contributed by atoms with van der Waals surface area (Å²) in [4.78, 5) is 0. The van der Waals surface area contributed by atoms with Crippen LogP contribution >= 0.6 is 0 Å². The summed E-state index contributed by atoms with van der Waals surface area (Å²) in [6.07, 6.45) is 2.91. The van der Waals surface area contributed by atoms with Crippen molar-refractivity contribution in [3.05, 3.63) is 35.4 Å². The standard InChI is InChI=1S/C12H16F2N2/c13-8-2-3-9(10(14)6-8)11(16)12(7-15)4-1-5-12/h2-3,6,11H,1,4-5,7,15-16H2. The van der Waals surface area contributed by atoms with E-state index in [1.54, 1.807) is 0 Å². The molecule has 0 heterocycles. The van der Waals surface area contributed by atoms with E-state index in [1.807, 2.05) is 0 Å². The van der Waals surface area contributed by atoms with E-state index < -0.39 is 17.7 Å². The average molecular weight is 226 g/mol. The second kappa shape index (κ2) is 4.11. The van der Waals surface area contributed by atoms with Gasteiger partial charge in [0.05, 0.1) is 0 Å². The molecule has 88 valence electrons. The molecule has 2 nitrogen and oxygen atoms in total. The molecular weight excluding hydrogens is 210 g/mol. The van der Waals surface area contributed by atoms with Gasteiger partial charge in [-0.25, -0.2) is 8.78 Å². The highest BCUT2D eigenvalue weighted by molar-refractivity contribution is 5.25. The Balaban J connectivity index is 2.29. The van der Waals surface area contributed by atoms with Crippen LogP contribution in [0.2, 0.25) is 0 Å². The van der Waals surface area contributed by atoms with Crippen molar-refractivity contribution in [1.82, 2.24) is 0 Å². The molecular formula is C12H16F2N2. The first kappa shape index (κ1) is 11.5. The molecule has 0 bridgehead atoms. The number of hydrogen-bond donors (Lipinski definition) is 2. The summed E-state index contributed by atoms with van der Waals surface area (Å²) in [5, 5.41) is 0. The van der Waals surface area contributed by atoms with Crippen molar-refractivity contribution in [2.45, 2.75) is 25.3 Å². The lowest BCUT2D eigenvalue weighted by Gasteiger charge is -2.45. The molecule has 0 aromatic heterocycles. The number of nitrogens with two attached hydrogens (primary N) is 2. The Morgan fingerprint density at radius 1 is 1.31 bits per heavy atom. The molecule has 1 aromatic carbocycles. The van der Waals surface area contributed by atoms with Crippen LogP contribution in [0.1, 0.15) is 30.9 Å². The summed E-state index contributed by atoms with van der Waals surface area (Å²) >= 11 is 0. The smallest absolute Gasteiger partial charge is 0.130 e. The molecule has 1 aliphatic carbocycles. The van der Waals surface area contributed by atoms with Crippen LogP contribution in [-0.4, -0.2) is 6.54 Å². The van der Waals surface area contributed by atoms with Crippen molar-refractivity contribution < 1.29 is 8.78 Å². The molecule has 0 radical (unpaired) electrons. The molecule has 4 N–H and O–H groups in total. The van der Waals surface area contributed by atoms with Gasteiger partial charge >= 0.3 is 0 Å². The van der Waals surface area contributed by atoms with Gasteiger partial charge < -0.3 is 11.5 Å². The van der Waals surface area contributed by atoms with Gasteiger partial charge in [-0.05, 0) is 25.5 Å². The summed E-state index contributed by atoms with van der Waals surface area (Å²) in [5.41, 5.74) is 11.9. The fraction of sp³-hybridized carbons (Fsp3) is 0.500. The van der Waals surface area contributed by atoms with E-state index in [-0.39, 0.29) is 5.41 Å². The van der Waals surface area contributed by atoms with Gasteiger partial charge in [0.25, 0.3) is 0 Å². The van der Waals surface area contributed by atoms with E-state index in [4.69, 9.17) is 11.5 Å². The van der Waals surface area contributed by atoms with Crippen LogP contribution in [0.3, 0.4) is 0 Å². The van der Waals surface area contributed by atoms with Crippen molar-refractivity contribution in [1.29, 1.82) is 0 Å². The zero-order valence-corrected chi connectivity index (χ0v) is 9.05. The number of benzene rings is 1. The van der Waals surface area contributed by atoms with Crippen LogP contribution < -0.4 is 11.5 Å². The predicted octanol–water partition coefficient (Wildman–Crippen LogP) is 2.09. The van der Waals surface area contributed by atoms with Crippen molar-refractivity contribution in [2.75, 3.05) is 6.54 Å². The Kier molecular flexibility index (Phi) is 2.95. The lowest BCUT2D eigenvalue weighted by molar-refractivity contribution is 0.103. The Morgan fingerprint density at radius 2 is 2.00 bits per heavy atom. The van der Waals surface area contributed by atoms with Gasteiger partial charge in [0.1, 0.15) is 11.6 Å². The van der Waals surface area contributed by atoms with E-state index in [9.17, 15) is 8.78 Å². The zero-order valence-electron chi connectivity index (χ0n) is 9.05. The predicted molar refractivity (Wildman–Crippen MR) is 58.6 cm³/mol. The molecule has 1 atom stereocenters. The van der Waals surface area contributed by atoms with Crippen LogP contribution in [0.15, 0.2) is 18.2 Å². The third-order valence-corrected chi connectivity index (χ3v) is 3.71. The first-order chi connectivity index (χ1) is 7.59. The second-order valence-electron chi connectivity index (χ2n) is 4.56. The summed E-state index contributed by atoms with van der Waals surface area (Å²) in [6.45, 7) is 0.449. The number of halogens is 2. The lowest BCUT2D eigenvalue weighted by atomic mass is 9.62. The van der Waals surface area contributed by atoms with Crippen molar-refractivity contribution in [3.8, 4) is 0 Å². The summed E-state index contributed by atoms with van der Waals surface area (Å²) in [7, 11) is 0.